The molecule has 12 aromatic rings. The summed E-state index contributed by atoms with van der Waals surface area (Å²) in [7, 11) is 0. The van der Waals surface area contributed by atoms with Gasteiger partial charge in [-0.25, -0.2) is 15.0 Å². The van der Waals surface area contributed by atoms with Gasteiger partial charge in [0, 0.05) is 50.0 Å². The van der Waals surface area contributed by atoms with E-state index in [1.807, 2.05) is 60.7 Å². The molecule has 60 heavy (non-hydrogen) atoms. The van der Waals surface area contributed by atoms with Gasteiger partial charge in [0.05, 0.1) is 11.0 Å². The molecule has 0 unspecified atom stereocenters. The summed E-state index contributed by atoms with van der Waals surface area (Å²) in [5, 5.41) is 6.72. The molecule has 5 nitrogen and oxygen atoms in total. The van der Waals surface area contributed by atoms with Crippen molar-refractivity contribution in [2.24, 2.45) is 0 Å². The van der Waals surface area contributed by atoms with E-state index in [0.29, 0.717) is 17.5 Å². The number of fused-ring (bicyclic) bond motifs is 7. The van der Waals surface area contributed by atoms with Crippen LogP contribution in [-0.4, -0.2) is 19.5 Å². The zero-order valence-electron chi connectivity index (χ0n) is 32.3. The van der Waals surface area contributed by atoms with Gasteiger partial charge in [0.25, 0.3) is 0 Å². The zero-order chi connectivity index (χ0) is 39.6. The normalized spacial score (nSPS) is 11.7. The summed E-state index contributed by atoms with van der Waals surface area (Å²) in [5.74, 6) is 1.80. The predicted molar refractivity (Wildman–Crippen MR) is 246 cm³/mol. The Hall–Kier alpha value is -8.15. The second kappa shape index (κ2) is 13.8. The third-order valence-corrected chi connectivity index (χ3v) is 11.6. The number of rotatable bonds is 6. The van der Waals surface area contributed by atoms with Crippen molar-refractivity contribution in [2.75, 3.05) is 0 Å². The first-order valence-electron chi connectivity index (χ1n) is 20.2. The molecule has 3 aromatic heterocycles. The van der Waals surface area contributed by atoms with Crippen LogP contribution in [0.15, 0.2) is 211 Å². The van der Waals surface area contributed by atoms with Gasteiger partial charge in [-0.3, -0.25) is 0 Å². The minimum atomic E-state index is 0.581. The number of nitrogens with zero attached hydrogens (tertiary/aromatic N) is 4. The van der Waals surface area contributed by atoms with Crippen molar-refractivity contribution in [1.29, 1.82) is 0 Å². The van der Waals surface area contributed by atoms with Gasteiger partial charge in [-0.1, -0.05) is 158 Å². The highest BCUT2D eigenvalue weighted by Crippen LogP contribution is 2.42. The molecule has 280 valence electrons. The Morgan fingerprint density at radius 1 is 0.333 bits per heavy atom. The van der Waals surface area contributed by atoms with E-state index in [9.17, 15) is 0 Å². The molecule has 0 aliphatic heterocycles. The molecule has 9 aromatic carbocycles. The third-order valence-electron chi connectivity index (χ3n) is 11.6. The fourth-order valence-corrected chi connectivity index (χ4v) is 8.73. The van der Waals surface area contributed by atoms with Crippen LogP contribution in [0.2, 0.25) is 0 Å². The van der Waals surface area contributed by atoms with Crippen molar-refractivity contribution in [2.45, 2.75) is 0 Å². The standard InChI is InChI=1S/C55H34N4O/c1-4-14-35(15-5-1)41-26-28-45-44-22-12-13-23-48(44)59(49(45)32-41)43-27-29-46-50(34-43)60-51-33-42(40-25-24-36-16-10-11-21-39(36)30-40)31-47(52(46)51)55-57-53(37-17-6-2-7-18-37)56-54(58-55)38-19-8-3-9-20-38/h1-34H. The van der Waals surface area contributed by atoms with Gasteiger partial charge >= 0.3 is 0 Å². The van der Waals surface area contributed by atoms with E-state index in [0.717, 1.165) is 66.5 Å². The lowest BCUT2D eigenvalue weighted by molar-refractivity contribution is 0.669. The Bertz CT molecular complexity index is 3530. The smallest absolute Gasteiger partial charge is 0.164 e. The molecule has 0 N–H and O–H groups in total. The average Bonchev–Trinajstić information content (AvgIpc) is 3.86. The minimum Gasteiger partial charge on any atom is -0.456 e. The van der Waals surface area contributed by atoms with Gasteiger partial charge < -0.3 is 8.98 Å². The van der Waals surface area contributed by atoms with Gasteiger partial charge in [0.1, 0.15) is 11.2 Å². The summed E-state index contributed by atoms with van der Waals surface area (Å²) >= 11 is 0. The molecule has 0 aliphatic carbocycles. The number of benzene rings is 9. The molecule has 3 heterocycles. The molecule has 0 saturated carbocycles. The maximum absolute atomic E-state index is 6.97. The molecule has 0 radical (unpaired) electrons. The van der Waals surface area contributed by atoms with E-state index in [1.165, 1.54) is 32.7 Å². The molecule has 0 fully saturated rings. The van der Waals surface area contributed by atoms with Gasteiger partial charge in [-0.15, -0.1) is 0 Å². The molecule has 0 bridgehead atoms. The Kier molecular flexibility index (Phi) is 7.78. The minimum absolute atomic E-state index is 0.581. The van der Waals surface area contributed by atoms with Crippen molar-refractivity contribution >= 4 is 54.5 Å². The number of hydrogen-bond donors (Lipinski definition) is 0. The molecule has 0 saturated heterocycles. The topological polar surface area (TPSA) is 56.7 Å². The van der Waals surface area contributed by atoms with Gasteiger partial charge in [-0.2, -0.15) is 0 Å². The van der Waals surface area contributed by atoms with E-state index >= 15 is 0 Å². The molecule has 0 aliphatic rings. The summed E-state index contributed by atoms with van der Waals surface area (Å²) in [5.41, 5.74) is 12.0. The molecule has 0 atom stereocenters. The van der Waals surface area contributed by atoms with E-state index in [1.54, 1.807) is 0 Å². The lowest BCUT2D eigenvalue weighted by atomic mass is 9.96. The lowest BCUT2D eigenvalue weighted by Crippen LogP contribution is -2.00. The first kappa shape index (κ1) is 33.9. The molecular formula is C55H34N4O. The maximum atomic E-state index is 6.97. The predicted octanol–water partition coefficient (Wildman–Crippen LogP) is 14.4. The van der Waals surface area contributed by atoms with E-state index < -0.39 is 0 Å². The number of furan rings is 1. The summed E-state index contributed by atoms with van der Waals surface area (Å²) in [4.78, 5) is 15.4. The lowest BCUT2D eigenvalue weighted by Gasteiger charge is -2.11. The first-order chi connectivity index (χ1) is 29.7. The third kappa shape index (κ3) is 5.67. The van der Waals surface area contributed by atoms with Crippen LogP contribution in [0.25, 0.3) is 117 Å². The van der Waals surface area contributed by atoms with Gasteiger partial charge in [0.2, 0.25) is 0 Å². The van der Waals surface area contributed by atoms with Crippen molar-refractivity contribution in [3.63, 3.8) is 0 Å². The van der Waals surface area contributed by atoms with Crippen LogP contribution >= 0.6 is 0 Å². The summed E-state index contributed by atoms with van der Waals surface area (Å²) < 4.78 is 9.32. The maximum Gasteiger partial charge on any atom is 0.164 e. The fraction of sp³-hybridized carbons (Fsp3) is 0. The largest absolute Gasteiger partial charge is 0.456 e. The SMILES string of the molecule is c1ccc(-c2ccc3c4ccccc4n(-c4ccc5c(c4)oc4cc(-c6ccc7ccccc7c6)cc(-c6nc(-c7ccccc7)nc(-c7ccccc7)n6)c45)c3c2)cc1. The first-order valence-corrected chi connectivity index (χ1v) is 20.2. The van der Waals surface area contributed by atoms with E-state index in [-0.39, 0.29) is 0 Å². The van der Waals surface area contributed by atoms with Crippen LogP contribution in [-0.2, 0) is 0 Å². The van der Waals surface area contributed by atoms with E-state index in [4.69, 9.17) is 19.4 Å². The second-order valence-corrected chi connectivity index (χ2v) is 15.2. The fourth-order valence-electron chi connectivity index (χ4n) is 8.73. The average molecular weight is 767 g/mol. The van der Waals surface area contributed by atoms with Crippen LogP contribution in [0.5, 0.6) is 0 Å². The highest BCUT2D eigenvalue weighted by atomic mass is 16.3. The highest BCUT2D eigenvalue weighted by Gasteiger charge is 2.21. The van der Waals surface area contributed by atoms with Crippen LogP contribution in [0.1, 0.15) is 0 Å². The zero-order valence-corrected chi connectivity index (χ0v) is 32.3. The second-order valence-electron chi connectivity index (χ2n) is 15.2. The Morgan fingerprint density at radius 2 is 0.917 bits per heavy atom. The van der Waals surface area contributed by atoms with Gasteiger partial charge in [0.15, 0.2) is 17.5 Å². The summed E-state index contributed by atoms with van der Waals surface area (Å²) in [6.45, 7) is 0. The Balaban J connectivity index is 1.11. The molecule has 0 amide bonds. The molecule has 0 spiro atoms. The summed E-state index contributed by atoms with van der Waals surface area (Å²) in [6, 6.07) is 72.2. The number of para-hydroxylation sites is 1. The van der Waals surface area contributed by atoms with Crippen LogP contribution < -0.4 is 0 Å². The highest BCUT2D eigenvalue weighted by molar-refractivity contribution is 6.15. The van der Waals surface area contributed by atoms with Crippen molar-refractivity contribution < 1.29 is 4.42 Å². The Labute approximate surface area is 345 Å². The van der Waals surface area contributed by atoms with Crippen molar-refractivity contribution in [3.8, 4) is 62.1 Å². The Morgan fingerprint density at radius 3 is 1.67 bits per heavy atom. The summed E-state index contributed by atoms with van der Waals surface area (Å²) in [6.07, 6.45) is 0. The quantitative estimate of drug-likeness (QED) is 0.169. The van der Waals surface area contributed by atoms with Crippen LogP contribution in [0, 0.1) is 0 Å². The molecule has 5 heteroatoms. The van der Waals surface area contributed by atoms with Crippen molar-refractivity contribution in [1.82, 2.24) is 19.5 Å². The van der Waals surface area contributed by atoms with Crippen molar-refractivity contribution in [3.05, 3.63) is 206 Å². The number of aromatic nitrogens is 4. The van der Waals surface area contributed by atoms with Crippen LogP contribution in [0.3, 0.4) is 0 Å². The van der Waals surface area contributed by atoms with Gasteiger partial charge in [-0.05, 0) is 75.5 Å². The molecule has 12 rings (SSSR count). The number of hydrogen-bond acceptors (Lipinski definition) is 4. The monoisotopic (exact) mass is 766 g/mol. The van der Waals surface area contributed by atoms with E-state index in [2.05, 4.69) is 150 Å². The van der Waals surface area contributed by atoms with Crippen LogP contribution in [0.4, 0.5) is 0 Å². The molecular weight excluding hydrogens is 733 g/mol.